The monoisotopic (exact) mass is 1130 g/mol. The number of hydrogen-bond acceptors (Lipinski definition) is 20. The van der Waals surface area contributed by atoms with Crippen LogP contribution in [0.1, 0.15) is 79.2 Å². The molecule has 0 aliphatic heterocycles. The maximum absolute atomic E-state index is 12.7. The molecule has 7 unspecified atom stereocenters. The van der Waals surface area contributed by atoms with Crippen molar-refractivity contribution < 1.29 is 39.8 Å². The number of carbonyl (C=O) groups is 1. The third-order valence-corrected chi connectivity index (χ3v) is 14.4. The minimum Gasteiger partial charge on any atom is -0.396 e. The molecule has 3 aromatic carbocycles. The number of ether oxygens (including phenoxy) is 2. The van der Waals surface area contributed by atoms with Gasteiger partial charge in [0, 0.05) is 54.5 Å². The van der Waals surface area contributed by atoms with Crippen LogP contribution in [0.3, 0.4) is 0 Å². The van der Waals surface area contributed by atoms with E-state index >= 15 is 0 Å². The Morgan fingerprint density at radius 3 is 1.34 bits per heavy atom. The normalized spacial score (nSPS) is 14.2. The number of rotatable bonds is 32. The molecule has 9 rings (SSSR count). The van der Waals surface area contributed by atoms with Crippen molar-refractivity contribution in [1.82, 2.24) is 43.8 Å². The number of benzene rings is 3. The maximum atomic E-state index is 12.7. The number of aromatic nitrogens is 9. The van der Waals surface area contributed by atoms with E-state index in [1.54, 1.807) is 44.3 Å². The Bertz CT molecular complexity index is 3550. The zero-order chi connectivity index (χ0) is 58.4. The summed E-state index contributed by atoms with van der Waals surface area (Å²) in [4.78, 5) is 27.6. The Balaban J connectivity index is 0.973. The average molecular weight is 1130 g/mol. The Kier molecular flexibility index (Phi) is 19.9. The SMILES string of the molecule is C=C(CO)C(CO)Nc1cc(NCc2ccccc2)n2ncc(C(C)OCC(Nc3cc(NCc4ccccc4)n4ncc(C(C)OCC(Nc5cc(NCc6ccccc6)n6ncc(C(C)C)c6n5)C(O)CO)c4n3)C(C=O)CO)c2n1. The second-order valence-corrected chi connectivity index (χ2v) is 20.6. The number of nitrogens with zero attached hydrogens (tertiary/aromatic N) is 9. The first-order valence-corrected chi connectivity index (χ1v) is 27.6. The van der Waals surface area contributed by atoms with Crippen molar-refractivity contribution in [2.24, 2.45) is 5.92 Å². The number of anilines is 6. The Morgan fingerprint density at radius 1 is 0.554 bits per heavy atom. The van der Waals surface area contributed by atoms with Gasteiger partial charge in [0.2, 0.25) is 0 Å². The summed E-state index contributed by atoms with van der Waals surface area (Å²) in [5, 5.41) is 86.6. The summed E-state index contributed by atoms with van der Waals surface area (Å²) in [5.41, 5.74) is 7.12. The molecule has 0 radical (unpaired) electrons. The number of fused-ring (bicyclic) bond motifs is 3. The fourth-order valence-corrected chi connectivity index (χ4v) is 9.42. The summed E-state index contributed by atoms with van der Waals surface area (Å²) < 4.78 is 18.2. The minimum atomic E-state index is -1.25. The number of nitrogens with one attached hydrogen (secondary N) is 6. The fraction of sp³-hybridized carbons (Fsp3) is 0.350. The molecule has 6 aromatic heterocycles. The molecule has 83 heavy (non-hydrogen) atoms. The van der Waals surface area contributed by atoms with E-state index in [9.17, 15) is 30.3 Å². The van der Waals surface area contributed by atoms with Crippen LogP contribution in [0.15, 0.2) is 140 Å². The van der Waals surface area contributed by atoms with Gasteiger partial charge in [-0.15, -0.1) is 0 Å². The zero-order valence-electron chi connectivity index (χ0n) is 46.9. The molecule has 0 saturated heterocycles. The lowest BCUT2D eigenvalue weighted by Gasteiger charge is -2.26. The molecule has 0 aliphatic rings. The first-order chi connectivity index (χ1) is 40.4. The molecule has 0 fully saturated rings. The van der Waals surface area contributed by atoms with Crippen molar-refractivity contribution in [1.29, 1.82) is 0 Å². The van der Waals surface area contributed by atoms with Gasteiger partial charge in [-0.3, -0.25) is 0 Å². The number of aldehydes is 1. The quantitative estimate of drug-likeness (QED) is 0.0161. The number of carbonyl (C=O) groups excluding carboxylic acids is 1. The Labute approximate surface area is 480 Å². The Hall–Kier alpha value is -8.55. The van der Waals surface area contributed by atoms with E-state index in [1.807, 2.05) is 111 Å². The lowest BCUT2D eigenvalue weighted by atomic mass is 10.0. The number of aliphatic hydroxyl groups excluding tert-OH is 5. The molecule has 7 atom stereocenters. The molecular weight excluding hydrogens is 1060 g/mol. The minimum absolute atomic E-state index is 0.0729. The average Bonchev–Trinajstić information content (AvgIpc) is 4.50. The largest absolute Gasteiger partial charge is 0.396 e. The maximum Gasteiger partial charge on any atom is 0.165 e. The summed E-state index contributed by atoms with van der Waals surface area (Å²) >= 11 is 0. The van der Waals surface area contributed by atoms with E-state index in [4.69, 9.17) is 29.5 Å². The van der Waals surface area contributed by atoms with E-state index in [0.717, 1.165) is 22.3 Å². The molecule has 23 heteroatoms. The van der Waals surface area contributed by atoms with Gasteiger partial charge in [0.15, 0.2) is 16.9 Å². The molecule has 9 aromatic rings. The zero-order valence-corrected chi connectivity index (χ0v) is 46.9. The van der Waals surface area contributed by atoms with Crippen molar-refractivity contribution in [2.75, 3.05) is 71.5 Å². The van der Waals surface area contributed by atoms with Gasteiger partial charge >= 0.3 is 0 Å². The van der Waals surface area contributed by atoms with Gasteiger partial charge in [0.05, 0.1) is 101 Å². The van der Waals surface area contributed by atoms with Crippen molar-refractivity contribution in [2.45, 2.75) is 89.7 Å². The molecule has 0 spiro atoms. The highest BCUT2D eigenvalue weighted by Crippen LogP contribution is 2.31. The second kappa shape index (κ2) is 27.9. The summed E-state index contributed by atoms with van der Waals surface area (Å²) in [6.07, 6.45) is 3.22. The first-order valence-electron chi connectivity index (χ1n) is 27.6. The van der Waals surface area contributed by atoms with Gasteiger partial charge in [-0.1, -0.05) is 111 Å². The van der Waals surface area contributed by atoms with Gasteiger partial charge in [0.1, 0.15) is 41.2 Å². The molecule has 436 valence electrons. The molecule has 0 saturated carbocycles. The molecule has 6 heterocycles. The topological polar surface area (TPSA) is 299 Å². The van der Waals surface area contributed by atoms with Crippen LogP contribution in [-0.2, 0) is 33.9 Å². The predicted molar refractivity (Wildman–Crippen MR) is 318 cm³/mol. The lowest BCUT2D eigenvalue weighted by molar-refractivity contribution is -0.113. The van der Waals surface area contributed by atoms with Gasteiger partial charge in [-0.2, -0.15) is 28.8 Å². The third kappa shape index (κ3) is 14.4. The van der Waals surface area contributed by atoms with Crippen LogP contribution < -0.4 is 31.9 Å². The van der Waals surface area contributed by atoms with Crippen molar-refractivity contribution >= 4 is 58.1 Å². The summed E-state index contributed by atoms with van der Waals surface area (Å²) in [6.45, 7) is 11.3. The molecule has 11 N–H and O–H groups in total. The van der Waals surface area contributed by atoms with Crippen LogP contribution in [0.4, 0.5) is 34.9 Å². The van der Waals surface area contributed by atoms with Crippen molar-refractivity contribution in [3.8, 4) is 0 Å². The molecular formula is C60H73N15O8. The van der Waals surface area contributed by atoms with E-state index < -0.39 is 55.6 Å². The molecule has 0 amide bonds. The van der Waals surface area contributed by atoms with Crippen LogP contribution >= 0.6 is 0 Å². The Morgan fingerprint density at radius 2 is 0.952 bits per heavy atom. The van der Waals surface area contributed by atoms with Gasteiger partial charge in [-0.25, -0.2) is 15.0 Å². The van der Waals surface area contributed by atoms with Crippen LogP contribution in [0.25, 0.3) is 16.9 Å². The van der Waals surface area contributed by atoms with Crippen molar-refractivity contribution in [3.05, 3.63) is 173 Å². The summed E-state index contributed by atoms with van der Waals surface area (Å²) in [7, 11) is 0. The van der Waals surface area contributed by atoms with Crippen LogP contribution in [0.2, 0.25) is 0 Å². The fourth-order valence-electron chi connectivity index (χ4n) is 9.42. The smallest absolute Gasteiger partial charge is 0.165 e. The highest BCUT2D eigenvalue weighted by molar-refractivity contribution is 5.65. The van der Waals surface area contributed by atoms with Crippen LogP contribution in [0, 0.1) is 5.92 Å². The highest BCUT2D eigenvalue weighted by Gasteiger charge is 2.28. The highest BCUT2D eigenvalue weighted by atomic mass is 16.5. The summed E-state index contributed by atoms with van der Waals surface area (Å²) in [5.74, 6) is 2.16. The predicted octanol–water partition coefficient (Wildman–Crippen LogP) is 6.37. The summed E-state index contributed by atoms with van der Waals surface area (Å²) in [6, 6.07) is 32.7. The van der Waals surface area contributed by atoms with Gasteiger partial charge in [-0.05, 0) is 42.0 Å². The van der Waals surface area contributed by atoms with E-state index in [0.29, 0.717) is 94.5 Å². The molecule has 0 aliphatic carbocycles. The standard InChI is InChI=1S/C60H73N15O8/c1-37(2)45-27-64-73-55(61-24-41-15-9-6-10-16-41)23-54(70-58(45)73)69-50(51(81)34-80)36-83-40(5)47-29-66-75-57(63-26-43-19-13-8-14-20-43)22-53(72-60(47)75)68-49(44(31-77)32-78)35-82-39(4)46-28-65-74-56(62-25-42-17-11-7-12-18-42)21-52(71-59(46)74)67-48(33-79)38(3)30-76/h6-23,27-29,31,37,39-40,44,48-51,61-63,76,78-81H,3,24-26,30,32-36H2,1-2,4-5H3,(H,67,71)(H,68,72)(H,69,70). The van der Waals surface area contributed by atoms with Gasteiger partial charge in [0.25, 0.3) is 0 Å². The second-order valence-electron chi connectivity index (χ2n) is 20.6. The van der Waals surface area contributed by atoms with Gasteiger partial charge < -0.3 is 71.7 Å². The van der Waals surface area contributed by atoms with Crippen LogP contribution in [-0.4, -0.2) is 139 Å². The van der Waals surface area contributed by atoms with E-state index in [1.165, 1.54) is 0 Å². The van der Waals surface area contributed by atoms with Crippen LogP contribution in [0.5, 0.6) is 0 Å². The number of aliphatic hydroxyl groups is 5. The number of hydrogen-bond donors (Lipinski definition) is 11. The van der Waals surface area contributed by atoms with E-state index in [2.05, 4.69) is 62.5 Å². The van der Waals surface area contributed by atoms with E-state index in [-0.39, 0.29) is 32.3 Å². The lowest BCUT2D eigenvalue weighted by Crippen LogP contribution is -2.40. The molecule has 0 bridgehead atoms. The molecule has 23 nitrogen and oxygen atoms in total. The first kappa shape index (κ1) is 59.1. The van der Waals surface area contributed by atoms with Crippen molar-refractivity contribution in [3.63, 3.8) is 0 Å². The third-order valence-electron chi connectivity index (χ3n) is 14.4.